The van der Waals surface area contributed by atoms with Gasteiger partial charge in [0.05, 0.1) is 5.41 Å². The number of ether oxygens (including phenoxy) is 2. The van der Waals surface area contributed by atoms with Crippen LogP contribution in [0.15, 0.2) is 42.5 Å². The van der Waals surface area contributed by atoms with Crippen LogP contribution < -0.4 is 9.47 Å². The van der Waals surface area contributed by atoms with Gasteiger partial charge in [0.25, 0.3) is 0 Å². The van der Waals surface area contributed by atoms with Crippen molar-refractivity contribution in [2.24, 2.45) is 5.41 Å². The molecule has 1 N–H and O–H groups in total. The van der Waals surface area contributed by atoms with Gasteiger partial charge < -0.3 is 14.6 Å². The summed E-state index contributed by atoms with van der Waals surface area (Å²) in [5.41, 5.74) is 0.410. The van der Waals surface area contributed by atoms with Gasteiger partial charge in [-0.3, -0.25) is 4.79 Å². The van der Waals surface area contributed by atoms with Crippen LogP contribution in [0.5, 0.6) is 17.2 Å². The fraction of sp³-hybridized carbons (Fsp3) is 0.552. The first-order valence-electron chi connectivity index (χ1n) is 12.5. The van der Waals surface area contributed by atoms with Gasteiger partial charge in [0.2, 0.25) is 0 Å². The Hall–Kier alpha value is -2.56. The Balaban J connectivity index is 0.000000310. The molecule has 0 aromatic heterocycles. The largest absolute Gasteiger partial charge is 0.508 e. The Kier molecular flexibility index (Phi) is 9.96. The minimum Gasteiger partial charge on any atom is -0.508 e. The highest BCUT2D eigenvalue weighted by molar-refractivity contribution is 5.78. The molecule has 1 saturated carbocycles. The van der Waals surface area contributed by atoms with Gasteiger partial charge in [-0.05, 0) is 95.0 Å². The first-order valence-corrected chi connectivity index (χ1v) is 12.5. The van der Waals surface area contributed by atoms with E-state index in [2.05, 4.69) is 13.8 Å². The number of esters is 1. The number of carbonyl (C=O) groups excluding carboxylic acids is 1. The molecule has 0 radical (unpaired) electrons. The third kappa shape index (κ3) is 8.03. The molecular formula is C29H41FO4. The van der Waals surface area contributed by atoms with Crippen LogP contribution in [-0.4, -0.2) is 16.7 Å². The molecule has 1 fully saturated rings. The average Bonchev–Trinajstić information content (AvgIpc) is 2.81. The van der Waals surface area contributed by atoms with E-state index in [4.69, 9.17) is 14.6 Å². The Morgan fingerprint density at radius 2 is 1.71 bits per heavy atom. The van der Waals surface area contributed by atoms with E-state index in [1.165, 1.54) is 18.1 Å². The minimum absolute atomic E-state index is 0.218. The van der Waals surface area contributed by atoms with E-state index >= 15 is 0 Å². The number of rotatable bonds is 7. The maximum Gasteiger partial charge on any atom is 0.316 e. The molecule has 0 heterocycles. The Morgan fingerprint density at radius 1 is 1.09 bits per heavy atom. The zero-order valence-corrected chi connectivity index (χ0v) is 21.6. The first kappa shape index (κ1) is 27.7. The highest BCUT2D eigenvalue weighted by Crippen LogP contribution is 2.35. The number of phenolic OH excluding ortho intramolecular Hbond substituents is 1. The van der Waals surface area contributed by atoms with Crippen molar-refractivity contribution < 1.29 is 23.8 Å². The van der Waals surface area contributed by atoms with Gasteiger partial charge in [0, 0.05) is 6.07 Å². The van der Waals surface area contributed by atoms with E-state index in [0.29, 0.717) is 18.1 Å². The lowest BCUT2D eigenvalue weighted by molar-refractivity contribution is -0.144. The molecule has 34 heavy (non-hydrogen) atoms. The normalized spacial score (nSPS) is 16.1. The molecule has 188 valence electrons. The van der Waals surface area contributed by atoms with Gasteiger partial charge in [-0.25, -0.2) is 4.39 Å². The van der Waals surface area contributed by atoms with Crippen molar-refractivity contribution in [2.75, 3.05) is 0 Å². The highest BCUT2D eigenvalue weighted by atomic mass is 19.1. The maximum absolute atomic E-state index is 14.3. The fourth-order valence-corrected chi connectivity index (χ4v) is 3.72. The lowest BCUT2D eigenvalue weighted by atomic mass is 9.86. The number of hydrogen-bond donors (Lipinski definition) is 1. The summed E-state index contributed by atoms with van der Waals surface area (Å²) in [7, 11) is 0. The van der Waals surface area contributed by atoms with Crippen molar-refractivity contribution in [1.82, 2.24) is 0 Å². The number of halogens is 1. The van der Waals surface area contributed by atoms with Crippen LogP contribution in [0.2, 0.25) is 0 Å². The van der Waals surface area contributed by atoms with E-state index in [9.17, 15) is 9.18 Å². The summed E-state index contributed by atoms with van der Waals surface area (Å²) in [6.07, 6.45) is 7.11. The second-order valence-electron chi connectivity index (χ2n) is 10.2. The van der Waals surface area contributed by atoms with Crippen LogP contribution in [0.3, 0.4) is 0 Å². The van der Waals surface area contributed by atoms with E-state index in [1.807, 2.05) is 39.8 Å². The van der Waals surface area contributed by atoms with E-state index in [0.717, 1.165) is 32.1 Å². The molecule has 3 rings (SSSR count). The van der Waals surface area contributed by atoms with E-state index in [1.54, 1.807) is 24.3 Å². The SMILES string of the molecule is CCC(C)(C)C(=O)Oc1ccc(OC2(C)CCCCC2)c(F)c1.CCC(C)c1ccc(O)cc1. The predicted octanol–water partition coefficient (Wildman–Crippen LogP) is 8.17. The standard InChI is InChI=1S/C19H27FO3.C10H14O/c1-5-18(2,3)17(21)22-14-9-10-16(15(20)13-14)23-19(4)11-7-6-8-12-19;1-3-8(2)9-4-6-10(11)7-5-9/h9-10,13H,5-8,11-12H2,1-4H3;4-8,11H,3H2,1-2H3. The fourth-order valence-electron chi connectivity index (χ4n) is 3.72. The highest BCUT2D eigenvalue weighted by Gasteiger charge is 2.30. The van der Waals surface area contributed by atoms with Gasteiger partial charge >= 0.3 is 5.97 Å². The molecule has 1 atom stereocenters. The zero-order valence-electron chi connectivity index (χ0n) is 21.6. The van der Waals surface area contributed by atoms with Crippen molar-refractivity contribution in [1.29, 1.82) is 0 Å². The monoisotopic (exact) mass is 472 g/mol. The molecule has 4 nitrogen and oxygen atoms in total. The summed E-state index contributed by atoms with van der Waals surface area (Å²) in [6.45, 7) is 11.9. The second-order valence-corrected chi connectivity index (χ2v) is 10.2. The summed E-state index contributed by atoms with van der Waals surface area (Å²) in [4.78, 5) is 12.1. The van der Waals surface area contributed by atoms with Crippen molar-refractivity contribution in [2.45, 2.75) is 98.0 Å². The molecule has 2 aromatic carbocycles. The van der Waals surface area contributed by atoms with Crippen LogP contribution in [0.1, 0.15) is 98.0 Å². The topological polar surface area (TPSA) is 55.8 Å². The molecule has 0 amide bonds. The molecule has 5 heteroatoms. The summed E-state index contributed by atoms with van der Waals surface area (Å²) in [5.74, 6) is 0.537. The Labute approximate surface area is 204 Å². The lowest BCUT2D eigenvalue weighted by Gasteiger charge is -2.34. The van der Waals surface area contributed by atoms with Crippen molar-refractivity contribution in [3.05, 3.63) is 53.8 Å². The number of carbonyl (C=O) groups is 1. The quantitative estimate of drug-likeness (QED) is 0.326. The molecular weight excluding hydrogens is 431 g/mol. The van der Waals surface area contributed by atoms with Gasteiger partial charge in [0.15, 0.2) is 11.6 Å². The molecule has 1 unspecified atom stereocenters. The third-order valence-corrected chi connectivity index (χ3v) is 6.89. The molecule has 0 spiro atoms. The van der Waals surface area contributed by atoms with Gasteiger partial charge in [0.1, 0.15) is 17.1 Å². The van der Waals surface area contributed by atoms with Crippen LogP contribution in [0.4, 0.5) is 4.39 Å². The second kappa shape index (κ2) is 12.2. The van der Waals surface area contributed by atoms with E-state index < -0.39 is 11.2 Å². The van der Waals surface area contributed by atoms with Gasteiger partial charge in [-0.2, -0.15) is 0 Å². The summed E-state index contributed by atoms with van der Waals surface area (Å²) in [5, 5.41) is 9.01. The summed E-state index contributed by atoms with van der Waals surface area (Å²) in [6, 6.07) is 11.8. The number of aromatic hydroxyl groups is 1. The first-order chi connectivity index (χ1) is 16.0. The molecule has 0 saturated heterocycles. The van der Waals surface area contributed by atoms with Crippen molar-refractivity contribution in [3.63, 3.8) is 0 Å². The van der Waals surface area contributed by atoms with Crippen molar-refractivity contribution >= 4 is 5.97 Å². The molecule has 0 bridgehead atoms. The van der Waals surface area contributed by atoms with Crippen LogP contribution in [-0.2, 0) is 4.79 Å². The molecule has 1 aliphatic rings. The van der Waals surface area contributed by atoms with Gasteiger partial charge in [-0.1, -0.05) is 39.3 Å². The average molecular weight is 473 g/mol. The lowest BCUT2D eigenvalue weighted by Crippen LogP contribution is -2.34. The predicted molar refractivity (Wildman–Crippen MR) is 135 cm³/mol. The Morgan fingerprint density at radius 3 is 2.24 bits per heavy atom. The van der Waals surface area contributed by atoms with Crippen molar-refractivity contribution in [3.8, 4) is 17.2 Å². The zero-order chi connectivity index (χ0) is 25.4. The van der Waals surface area contributed by atoms with Gasteiger partial charge in [-0.15, -0.1) is 0 Å². The van der Waals surface area contributed by atoms with Crippen LogP contribution in [0, 0.1) is 11.2 Å². The molecule has 2 aromatic rings. The van der Waals surface area contributed by atoms with Crippen LogP contribution in [0.25, 0.3) is 0 Å². The molecule has 0 aliphatic heterocycles. The smallest absolute Gasteiger partial charge is 0.316 e. The minimum atomic E-state index is -0.582. The number of benzene rings is 2. The Bertz CT molecular complexity index is 914. The van der Waals surface area contributed by atoms with E-state index in [-0.39, 0.29) is 23.1 Å². The summed E-state index contributed by atoms with van der Waals surface area (Å²) < 4.78 is 25.5. The maximum atomic E-state index is 14.3. The number of phenols is 1. The number of hydrogen-bond acceptors (Lipinski definition) is 4. The third-order valence-electron chi connectivity index (χ3n) is 6.89. The molecule has 1 aliphatic carbocycles. The van der Waals surface area contributed by atoms with Crippen LogP contribution >= 0.6 is 0 Å². The summed E-state index contributed by atoms with van der Waals surface area (Å²) >= 11 is 0.